The van der Waals surface area contributed by atoms with Crippen LogP contribution in [0, 0.1) is 21.4 Å². The lowest BCUT2D eigenvalue weighted by atomic mass is 10.1. The smallest absolute Gasteiger partial charge is 0.416 e. The van der Waals surface area contributed by atoms with Gasteiger partial charge in [0.15, 0.2) is 0 Å². The molecule has 7 nitrogen and oxygen atoms in total. The van der Waals surface area contributed by atoms with Gasteiger partial charge in [0.2, 0.25) is 0 Å². The summed E-state index contributed by atoms with van der Waals surface area (Å²) in [7, 11) is 0. The molecule has 0 aliphatic rings. The lowest BCUT2D eigenvalue weighted by Gasteiger charge is -2.12. The third-order valence-electron chi connectivity index (χ3n) is 3.38. The third-order valence-corrected chi connectivity index (χ3v) is 3.68. The summed E-state index contributed by atoms with van der Waals surface area (Å²) in [4.78, 5) is 22.5. The van der Waals surface area contributed by atoms with E-state index in [0.29, 0.717) is 6.07 Å². The lowest BCUT2D eigenvalue weighted by Crippen LogP contribution is -2.08. The highest BCUT2D eigenvalue weighted by atomic mass is 35.5. The summed E-state index contributed by atoms with van der Waals surface area (Å²) in [6.45, 7) is 3.34. The molecule has 0 fully saturated rings. The molecular weight excluding hydrogens is 417 g/mol. The minimum Gasteiger partial charge on any atom is -0.456 e. The van der Waals surface area contributed by atoms with Gasteiger partial charge in [0.05, 0.1) is 28.0 Å². The molecule has 0 radical (unpaired) electrons. The van der Waals surface area contributed by atoms with Gasteiger partial charge in [0, 0.05) is 12.1 Å². The zero-order valence-corrected chi connectivity index (χ0v) is 15.1. The Bertz CT molecular complexity index is 1030. The molecule has 0 aliphatic carbocycles. The number of nitro groups is 1. The van der Waals surface area contributed by atoms with E-state index in [1.165, 1.54) is 0 Å². The van der Waals surface area contributed by atoms with Crippen molar-refractivity contribution < 1.29 is 32.4 Å². The van der Waals surface area contributed by atoms with E-state index < -0.39 is 33.9 Å². The van der Waals surface area contributed by atoms with Crippen molar-refractivity contribution in [2.45, 2.75) is 12.6 Å². The van der Waals surface area contributed by atoms with E-state index in [1.54, 1.807) is 6.07 Å². The maximum absolute atomic E-state index is 12.7. The van der Waals surface area contributed by atoms with Gasteiger partial charge in [-0.25, -0.2) is 4.79 Å². The van der Waals surface area contributed by atoms with E-state index in [0.717, 1.165) is 30.3 Å². The second-order valence-corrected chi connectivity index (χ2v) is 5.85. The number of hydrogen-bond donors (Lipinski definition) is 0. The highest BCUT2D eigenvalue weighted by Crippen LogP contribution is 2.37. The fourth-order valence-corrected chi connectivity index (χ4v) is 2.32. The van der Waals surface area contributed by atoms with Crippen molar-refractivity contribution in [2.24, 2.45) is 0 Å². The summed E-state index contributed by atoms with van der Waals surface area (Å²) in [5.41, 5.74) is -2.10. The van der Waals surface area contributed by atoms with Crippen molar-refractivity contribution in [1.29, 1.82) is 5.26 Å². The van der Waals surface area contributed by atoms with E-state index in [9.17, 15) is 28.1 Å². The maximum Gasteiger partial charge on any atom is 0.416 e. The molecule has 0 unspecified atom stereocenters. The minimum atomic E-state index is -4.60. The largest absolute Gasteiger partial charge is 0.456 e. The molecule has 150 valence electrons. The number of allylic oxidation sites excluding steroid dienone is 1. The van der Waals surface area contributed by atoms with Gasteiger partial charge >= 0.3 is 12.1 Å². The van der Waals surface area contributed by atoms with Crippen molar-refractivity contribution in [1.82, 2.24) is 0 Å². The number of benzene rings is 2. The number of carbonyl (C=O) groups is 1. The Morgan fingerprint density at radius 1 is 1.28 bits per heavy atom. The van der Waals surface area contributed by atoms with Gasteiger partial charge in [0.25, 0.3) is 5.69 Å². The van der Waals surface area contributed by atoms with Crippen molar-refractivity contribution in [2.75, 3.05) is 0 Å². The van der Waals surface area contributed by atoms with E-state index in [-0.39, 0.29) is 28.7 Å². The molecule has 11 heteroatoms. The van der Waals surface area contributed by atoms with Crippen LogP contribution in [-0.4, -0.2) is 10.9 Å². The van der Waals surface area contributed by atoms with Crippen molar-refractivity contribution in [3.63, 3.8) is 0 Å². The second kappa shape index (κ2) is 8.62. The van der Waals surface area contributed by atoms with Gasteiger partial charge in [-0.2, -0.15) is 18.4 Å². The van der Waals surface area contributed by atoms with Crippen molar-refractivity contribution in [3.05, 3.63) is 75.0 Å². The number of esters is 1. The van der Waals surface area contributed by atoms with Crippen molar-refractivity contribution in [3.8, 4) is 17.6 Å². The fourth-order valence-electron chi connectivity index (χ4n) is 2.10. The average molecular weight is 427 g/mol. The summed E-state index contributed by atoms with van der Waals surface area (Å²) in [6.07, 6.45) is -4.91. The number of halogens is 4. The summed E-state index contributed by atoms with van der Waals surface area (Å²) in [5.74, 6) is -1.65. The highest BCUT2D eigenvalue weighted by molar-refractivity contribution is 6.32. The number of carbonyl (C=O) groups excluding carboxylic acids is 1. The summed E-state index contributed by atoms with van der Waals surface area (Å²) in [5, 5.41) is 19.3. The summed E-state index contributed by atoms with van der Waals surface area (Å²) >= 11 is 5.81. The van der Waals surface area contributed by atoms with Crippen LogP contribution in [0.15, 0.2) is 48.7 Å². The first-order valence-corrected chi connectivity index (χ1v) is 8.00. The Balaban J connectivity index is 2.36. The van der Waals surface area contributed by atoms with Gasteiger partial charge in [-0.05, 0) is 24.3 Å². The molecule has 0 aromatic heterocycles. The SMILES string of the molecule is C=C(CC#N)OC(=O)c1cc(Oc2ccc(C(F)(F)F)cc2Cl)ccc1[N+](=O)[O-]. The van der Waals surface area contributed by atoms with Crippen molar-refractivity contribution >= 4 is 23.3 Å². The number of hydrogen-bond acceptors (Lipinski definition) is 6. The molecule has 0 N–H and O–H groups in total. The zero-order chi connectivity index (χ0) is 21.8. The monoisotopic (exact) mass is 426 g/mol. The molecule has 0 amide bonds. The van der Waals surface area contributed by atoms with Crippen LogP contribution in [-0.2, 0) is 10.9 Å². The Morgan fingerprint density at radius 2 is 1.97 bits per heavy atom. The summed E-state index contributed by atoms with van der Waals surface area (Å²) < 4.78 is 48.2. The van der Waals surface area contributed by atoms with Crippen LogP contribution >= 0.6 is 11.6 Å². The first kappa shape index (κ1) is 21.7. The Hall–Kier alpha value is -3.58. The maximum atomic E-state index is 12.7. The Morgan fingerprint density at radius 3 is 2.52 bits per heavy atom. The Kier molecular flexibility index (Phi) is 6.45. The highest BCUT2D eigenvalue weighted by Gasteiger charge is 2.31. The molecular formula is C18H10ClF3N2O5. The summed E-state index contributed by atoms with van der Waals surface area (Å²) in [6, 6.07) is 7.12. The van der Waals surface area contributed by atoms with E-state index in [2.05, 4.69) is 6.58 Å². The molecule has 2 aromatic rings. The third kappa shape index (κ3) is 5.46. The van der Waals surface area contributed by atoms with Crippen LogP contribution < -0.4 is 4.74 Å². The quantitative estimate of drug-likeness (QED) is 0.256. The molecule has 0 spiro atoms. The van der Waals surface area contributed by atoms with Gasteiger partial charge in [0.1, 0.15) is 22.8 Å². The first-order valence-electron chi connectivity index (χ1n) is 7.63. The standard InChI is InChI=1S/C18H10ClF3N2O5/c1-10(6-7-23)28-17(25)13-9-12(3-4-15(13)24(26)27)29-16-5-2-11(8-14(16)19)18(20,21)22/h2-5,8-9H,1,6H2. The normalized spacial score (nSPS) is 10.7. The number of nitrogens with zero attached hydrogens (tertiary/aromatic N) is 2. The minimum absolute atomic E-state index is 0.116. The van der Waals surface area contributed by atoms with Crippen LogP contribution in [0.1, 0.15) is 22.3 Å². The molecule has 0 aliphatic heterocycles. The van der Waals surface area contributed by atoms with Crippen LogP contribution in [0.25, 0.3) is 0 Å². The predicted octanol–water partition coefficient (Wildman–Crippen LogP) is 5.64. The van der Waals surface area contributed by atoms with E-state index in [4.69, 9.17) is 26.3 Å². The number of nitro benzene ring substituents is 1. The molecule has 0 heterocycles. The average Bonchev–Trinajstić information content (AvgIpc) is 2.62. The predicted molar refractivity (Wildman–Crippen MR) is 94.4 cm³/mol. The number of ether oxygens (including phenoxy) is 2. The molecule has 29 heavy (non-hydrogen) atoms. The first-order chi connectivity index (χ1) is 13.5. The zero-order valence-electron chi connectivity index (χ0n) is 14.3. The topological polar surface area (TPSA) is 102 Å². The fraction of sp³-hybridized carbons (Fsp3) is 0.111. The Labute approximate surface area is 166 Å². The van der Waals surface area contributed by atoms with Gasteiger partial charge in [-0.15, -0.1) is 0 Å². The molecule has 0 bridgehead atoms. The number of nitriles is 1. The second-order valence-electron chi connectivity index (χ2n) is 5.44. The molecule has 0 saturated heterocycles. The van der Waals surface area contributed by atoms with Crippen LogP contribution in [0.4, 0.5) is 18.9 Å². The molecule has 0 saturated carbocycles. The van der Waals surface area contributed by atoms with Gasteiger partial charge in [-0.1, -0.05) is 18.2 Å². The number of alkyl halides is 3. The molecule has 2 rings (SSSR count). The van der Waals surface area contributed by atoms with Gasteiger partial charge < -0.3 is 9.47 Å². The molecule has 2 aromatic carbocycles. The van der Waals surface area contributed by atoms with Gasteiger partial charge in [-0.3, -0.25) is 10.1 Å². The van der Waals surface area contributed by atoms with Crippen LogP contribution in [0.3, 0.4) is 0 Å². The van der Waals surface area contributed by atoms with Crippen LogP contribution in [0.2, 0.25) is 5.02 Å². The number of rotatable bonds is 6. The lowest BCUT2D eigenvalue weighted by molar-refractivity contribution is -0.385. The van der Waals surface area contributed by atoms with E-state index in [1.807, 2.05) is 0 Å². The molecule has 0 atom stereocenters. The van der Waals surface area contributed by atoms with E-state index >= 15 is 0 Å². The van der Waals surface area contributed by atoms with Crippen LogP contribution in [0.5, 0.6) is 11.5 Å².